The van der Waals surface area contributed by atoms with E-state index in [0.717, 1.165) is 5.56 Å². The highest BCUT2D eigenvalue weighted by molar-refractivity contribution is 6.31. The second-order valence-electron chi connectivity index (χ2n) is 4.49. The maximum Gasteiger partial charge on any atom is 0.315 e. The molecule has 1 unspecified atom stereocenters. The fourth-order valence-electron chi connectivity index (χ4n) is 1.45. The Labute approximate surface area is 108 Å². The van der Waals surface area contributed by atoms with Crippen molar-refractivity contribution in [1.29, 1.82) is 0 Å². The predicted octanol–water partition coefficient (Wildman–Crippen LogP) is 3.36. The number of amides is 2. The molecule has 0 radical (unpaired) electrons. The molecule has 0 heterocycles. The van der Waals surface area contributed by atoms with Crippen LogP contribution < -0.4 is 10.6 Å². The van der Waals surface area contributed by atoms with E-state index in [1.807, 2.05) is 31.2 Å². The molecule has 0 fully saturated rings. The zero-order chi connectivity index (χ0) is 12.8. The van der Waals surface area contributed by atoms with Gasteiger partial charge in [0, 0.05) is 11.6 Å². The molecule has 0 saturated carbocycles. The topological polar surface area (TPSA) is 41.1 Å². The van der Waals surface area contributed by atoms with E-state index in [2.05, 4.69) is 24.5 Å². The SMILES string of the molecule is CC(C)CNC(=O)NC(C)c1ccccc1Cl. The van der Waals surface area contributed by atoms with Crippen molar-refractivity contribution in [3.63, 3.8) is 0 Å². The van der Waals surface area contributed by atoms with E-state index in [0.29, 0.717) is 17.5 Å². The molecule has 94 valence electrons. The summed E-state index contributed by atoms with van der Waals surface area (Å²) >= 11 is 6.06. The van der Waals surface area contributed by atoms with Crippen molar-refractivity contribution in [2.45, 2.75) is 26.8 Å². The Hall–Kier alpha value is -1.22. The fraction of sp³-hybridized carbons (Fsp3) is 0.462. The molecule has 1 rings (SSSR count). The van der Waals surface area contributed by atoms with Crippen molar-refractivity contribution < 1.29 is 4.79 Å². The van der Waals surface area contributed by atoms with Gasteiger partial charge in [0.1, 0.15) is 0 Å². The lowest BCUT2D eigenvalue weighted by molar-refractivity contribution is 0.236. The summed E-state index contributed by atoms with van der Waals surface area (Å²) in [5.74, 6) is 0.441. The molecule has 0 aliphatic heterocycles. The Balaban J connectivity index is 2.52. The molecule has 0 aliphatic rings. The minimum atomic E-state index is -0.161. The summed E-state index contributed by atoms with van der Waals surface area (Å²) in [4.78, 5) is 11.6. The van der Waals surface area contributed by atoms with Gasteiger partial charge in [0.05, 0.1) is 6.04 Å². The van der Waals surface area contributed by atoms with E-state index < -0.39 is 0 Å². The quantitative estimate of drug-likeness (QED) is 0.850. The molecule has 1 aromatic carbocycles. The first kappa shape index (κ1) is 13.8. The van der Waals surface area contributed by atoms with Gasteiger partial charge in [-0.05, 0) is 24.5 Å². The zero-order valence-electron chi connectivity index (χ0n) is 10.5. The largest absolute Gasteiger partial charge is 0.338 e. The number of benzene rings is 1. The van der Waals surface area contributed by atoms with Gasteiger partial charge in [-0.1, -0.05) is 43.6 Å². The van der Waals surface area contributed by atoms with Crippen LogP contribution >= 0.6 is 11.6 Å². The molecule has 17 heavy (non-hydrogen) atoms. The van der Waals surface area contributed by atoms with Gasteiger partial charge in [-0.3, -0.25) is 0 Å². The summed E-state index contributed by atoms with van der Waals surface area (Å²) in [5.41, 5.74) is 0.925. The van der Waals surface area contributed by atoms with Crippen molar-refractivity contribution in [2.24, 2.45) is 5.92 Å². The van der Waals surface area contributed by atoms with Crippen LogP contribution in [0, 0.1) is 5.92 Å². The highest BCUT2D eigenvalue weighted by Crippen LogP contribution is 2.21. The third-order valence-electron chi connectivity index (χ3n) is 2.39. The number of nitrogens with one attached hydrogen (secondary N) is 2. The Morgan fingerprint density at radius 1 is 1.29 bits per heavy atom. The van der Waals surface area contributed by atoms with Gasteiger partial charge in [0.25, 0.3) is 0 Å². The van der Waals surface area contributed by atoms with Gasteiger partial charge in [0.2, 0.25) is 0 Å². The number of urea groups is 1. The van der Waals surface area contributed by atoms with Crippen LogP contribution in [-0.2, 0) is 0 Å². The molecular weight excluding hydrogens is 236 g/mol. The van der Waals surface area contributed by atoms with Crippen LogP contribution in [0.15, 0.2) is 24.3 Å². The lowest BCUT2D eigenvalue weighted by Crippen LogP contribution is -2.38. The Morgan fingerprint density at radius 3 is 2.53 bits per heavy atom. The number of hydrogen-bond donors (Lipinski definition) is 2. The number of carbonyl (C=O) groups is 1. The molecule has 2 amide bonds. The van der Waals surface area contributed by atoms with Crippen molar-refractivity contribution in [3.05, 3.63) is 34.9 Å². The first-order chi connectivity index (χ1) is 8.00. The standard InChI is InChI=1S/C13H19ClN2O/c1-9(2)8-15-13(17)16-10(3)11-6-4-5-7-12(11)14/h4-7,9-10H,8H2,1-3H3,(H2,15,16,17). The van der Waals surface area contributed by atoms with Crippen LogP contribution in [0.2, 0.25) is 5.02 Å². The predicted molar refractivity (Wildman–Crippen MR) is 71.2 cm³/mol. The number of carbonyl (C=O) groups excluding carboxylic acids is 1. The highest BCUT2D eigenvalue weighted by atomic mass is 35.5. The van der Waals surface area contributed by atoms with Gasteiger partial charge in [0.15, 0.2) is 0 Å². The Bertz CT molecular complexity index is 379. The van der Waals surface area contributed by atoms with E-state index in [4.69, 9.17) is 11.6 Å². The third-order valence-corrected chi connectivity index (χ3v) is 2.73. The van der Waals surface area contributed by atoms with Crippen LogP contribution in [0.4, 0.5) is 4.79 Å². The average Bonchev–Trinajstić information content (AvgIpc) is 2.26. The summed E-state index contributed by atoms with van der Waals surface area (Å²) in [5, 5.41) is 6.34. The van der Waals surface area contributed by atoms with E-state index in [1.54, 1.807) is 0 Å². The maximum absolute atomic E-state index is 11.6. The van der Waals surface area contributed by atoms with Crippen LogP contribution in [-0.4, -0.2) is 12.6 Å². The Morgan fingerprint density at radius 2 is 1.94 bits per heavy atom. The summed E-state index contributed by atoms with van der Waals surface area (Å²) in [6.45, 7) is 6.69. The molecule has 0 aromatic heterocycles. The molecule has 0 bridgehead atoms. The number of halogens is 1. The van der Waals surface area contributed by atoms with E-state index in [1.165, 1.54) is 0 Å². The van der Waals surface area contributed by atoms with Crippen molar-refractivity contribution >= 4 is 17.6 Å². The minimum Gasteiger partial charge on any atom is -0.338 e. The van der Waals surface area contributed by atoms with Crippen molar-refractivity contribution in [1.82, 2.24) is 10.6 Å². The molecule has 0 aliphatic carbocycles. The van der Waals surface area contributed by atoms with Gasteiger partial charge in [-0.15, -0.1) is 0 Å². The minimum absolute atomic E-state index is 0.101. The molecule has 1 atom stereocenters. The van der Waals surface area contributed by atoms with E-state index >= 15 is 0 Å². The van der Waals surface area contributed by atoms with Crippen LogP contribution in [0.5, 0.6) is 0 Å². The van der Waals surface area contributed by atoms with Crippen LogP contribution in [0.25, 0.3) is 0 Å². The zero-order valence-corrected chi connectivity index (χ0v) is 11.2. The molecule has 0 saturated heterocycles. The third kappa shape index (κ3) is 4.65. The lowest BCUT2D eigenvalue weighted by atomic mass is 10.1. The van der Waals surface area contributed by atoms with Gasteiger partial charge in [-0.25, -0.2) is 4.79 Å². The molecule has 3 nitrogen and oxygen atoms in total. The summed E-state index contributed by atoms with van der Waals surface area (Å²) in [6.07, 6.45) is 0. The van der Waals surface area contributed by atoms with Gasteiger partial charge >= 0.3 is 6.03 Å². The normalized spacial score (nSPS) is 12.3. The molecule has 2 N–H and O–H groups in total. The first-order valence-corrected chi connectivity index (χ1v) is 6.17. The van der Waals surface area contributed by atoms with E-state index in [9.17, 15) is 4.79 Å². The second kappa shape index (κ2) is 6.50. The summed E-state index contributed by atoms with van der Waals surface area (Å²) in [6, 6.07) is 7.25. The smallest absolute Gasteiger partial charge is 0.315 e. The van der Waals surface area contributed by atoms with Crippen LogP contribution in [0.3, 0.4) is 0 Å². The van der Waals surface area contributed by atoms with Gasteiger partial charge < -0.3 is 10.6 Å². The van der Waals surface area contributed by atoms with Gasteiger partial charge in [-0.2, -0.15) is 0 Å². The first-order valence-electron chi connectivity index (χ1n) is 5.79. The lowest BCUT2D eigenvalue weighted by Gasteiger charge is -2.16. The summed E-state index contributed by atoms with van der Waals surface area (Å²) in [7, 11) is 0. The number of rotatable bonds is 4. The maximum atomic E-state index is 11.6. The summed E-state index contributed by atoms with van der Waals surface area (Å²) < 4.78 is 0. The van der Waals surface area contributed by atoms with Crippen molar-refractivity contribution in [2.75, 3.05) is 6.54 Å². The van der Waals surface area contributed by atoms with Crippen molar-refractivity contribution in [3.8, 4) is 0 Å². The average molecular weight is 255 g/mol. The molecule has 0 spiro atoms. The molecule has 1 aromatic rings. The van der Waals surface area contributed by atoms with Crippen LogP contribution in [0.1, 0.15) is 32.4 Å². The number of hydrogen-bond acceptors (Lipinski definition) is 1. The molecular formula is C13H19ClN2O. The monoisotopic (exact) mass is 254 g/mol. The fourth-order valence-corrected chi connectivity index (χ4v) is 1.75. The highest BCUT2D eigenvalue weighted by Gasteiger charge is 2.11. The molecule has 4 heteroatoms. The Kier molecular flexibility index (Phi) is 5.29. The van der Waals surface area contributed by atoms with E-state index in [-0.39, 0.29) is 12.1 Å². The second-order valence-corrected chi connectivity index (χ2v) is 4.90.